The van der Waals surface area contributed by atoms with E-state index < -0.39 is 5.82 Å². The van der Waals surface area contributed by atoms with Crippen molar-refractivity contribution in [2.75, 3.05) is 5.75 Å². The minimum atomic E-state index is -0.482. The van der Waals surface area contributed by atoms with E-state index in [1.807, 2.05) is 0 Å². The van der Waals surface area contributed by atoms with E-state index in [-0.39, 0.29) is 22.2 Å². The molecule has 2 rings (SSSR count). The van der Waals surface area contributed by atoms with Crippen LogP contribution in [0.3, 0.4) is 0 Å². The number of amides is 1. The first kappa shape index (κ1) is 18.5. The van der Waals surface area contributed by atoms with Gasteiger partial charge in [0, 0.05) is 11.3 Å². The van der Waals surface area contributed by atoms with Gasteiger partial charge in [0.2, 0.25) is 5.91 Å². The maximum atomic E-state index is 13.5. The fourth-order valence-corrected chi connectivity index (χ4v) is 3.22. The van der Waals surface area contributed by atoms with Crippen LogP contribution in [-0.2, 0) is 10.5 Å². The van der Waals surface area contributed by atoms with Crippen LogP contribution in [0.1, 0.15) is 22.3 Å². The van der Waals surface area contributed by atoms with E-state index in [1.54, 1.807) is 6.07 Å². The van der Waals surface area contributed by atoms with E-state index >= 15 is 0 Å². The van der Waals surface area contributed by atoms with Crippen LogP contribution in [0.5, 0.6) is 0 Å². The van der Waals surface area contributed by atoms with Gasteiger partial charge in [-0.2, -0.15) is 5.10 Å². The molecule has 0 atom stereocenters. The van der Waals surface area contributed by atoms with Gasteiger partial charge in [-0.3, -0.25) is 4.79 Å². The maximum absolute atomic E-state index is 13.5. The number of hydrazone groups is 1. The Morgan fingerprint density at radius 3 is 2.67 bits per heavy atom. The van der Waals surface area contributed by atoms with Crippen LogP contribution < -0.4 is 5.43 Å². The highest BCUT2D eigenvalue weighted by Gasteiger charge is 2.05. The quantitative estimate of drug-likeness (QED) is 0.606. The van der Waals surface area contributed by atoms with Gasteiger partial charge in [0.15, 0.2) is 0 Å². The molecule has 0 aromatic heterocycles. The fraction of sp³-hybridized carbons (Fsp3) is 0.222. The number of nitrogens with one attached hydrogen (secondary N) is 1. The van der Waals surface area contributed by atoms with Gasteiger partial charge < -0.3 is 0 Å². The summed E-state index contributed by atoms with van der Waals surface area (Å²) in [6.07, 6.45) is 1.21. The second-order valence-corrected chi connectivity index (χ2v) is 6.81. The number of hydrogen-bond donors (Lipinski definition) is 1. The van der Waals surface area contributed by atoms with E-state index in [0.29, 0.717) is 0 Å². The van der Waals surface area contributed by atoms with Crippen molar-refractivity contribution in [3.05, 3.63) is 69.5 Å². The van der Waals surface area contributed by atoms with Crippen LogP contribution in [0.2, 0.25) is 5.02 Å². The Bertz CT molecular complexity index is 724. The molecule has 0 radical (unpaired) electrons. The summed E-state index contributed by atoms with van der Waals surface area (Å²) in [6.45, 7) is 4.10. The number of carbonyl (C=O) groups is 1. The highest BCUT2D eigenvalue weighted by atomic mass is 35.5. The van der Waals surface area contributed by atoms with Crippen LogP contribution >= 0.6 is 23.4 Å². The Morgan fingerprint density at radius 1 is 1.29 bits per heavy atom. The summed E-state index contributed by atoms with van der Waals surface area (Å²) in [5.41, 5.74) is 6.14. The van der Waals surface area contributed by atoms with Gasteiger partial charge >= 0.3 is 0 Å². The molecule has 1 N–H and O–H groups in total. The maximum Gasteiger partial charge on any atom is 0.250 e. The van der Waals surface area contributed by atoms with Crippen molar-refractivity contribution in [3.63, 3.8) is 0 Å². The summed E-state index contributed by atoms with van der Waals surface area (Å²) in [4.78, 5) is 11.8. The molecular weight excluding hydrogens is 347 g/mol. The standard InChI is InChI=1S/C18H18ClFN2OS/c1-12-6-13(2)8-14(7-12)10-24-11-18(23)22-21-9-15-16(19)4-3-5-17(15)20/h3-9H,10-11H2,1-2H3,(H,22,23)/b21-9-. The molecule has 0 saturated heterocycles. The Labute approximate surface area is 150 Å². The third-order valence-corrected chi connectivity index (χ3v) is 4.50. The van der Waals surface area contributed by atoms with Crippen LogP contribution in [0.4, 0.5) is 4.39 Å². The van der Waals surface area contributed by atoms with Gasteiger partial charge in [-0.15, -0.1) is 11.8 Å². The van der Waals surface area contributed by atoms with Crippen LogP contribution in [0, 0.1) is 19.7 Å². The molecule has 0 unspecified atom stereocenters. The highest BCUT2D eigenvalue weighted by molar-refractivity contribution is 7.99. The Hall–Kier alpha value is -1.85. The molecule has 0 aliphatic carbocycles. The van der Waals surface area contributed by atoms with Gasteiger partial charge in [0.05, 0.1) is 17.0 Å². The molecule has 0 aliphatic rings. The number of halogens is 2. The third-order valence-electron chi connectivity index (χ3n) is 3.17. The van der Waals surface area contributed by atoms with Crippen molar-refractivity contribution in [2.45, 2.75) is 19.6 Å². The van der Waals surface area contributed by atoms with Crippen molar-refractivity contribution in [2.24, 2.45) is 5.10 Å². The minimum absolute atomic E-state index is 0.155. The predicted molar refractivity (Wildman–Crippen MR) is 99.2 cm³/mol. The first-order chi connectivity index (χ1) is 11.5. The zero-order valence-corrected chi connectivity index (χ0v) is 15.0. The average molecular weight is 365 g/mol. The van der Waals surface area contributed by atoms with Gasteiger partial charge in [-0.25, -0.2) is 9.82 Å². The summed E-state index contributed by atoms with van der Waals surface area (Å²) in [6, 6.07) is 10.7. The Morgan fingerprint density at radius 2 is 2.00 bits per heavy atom. The third kappa shape index (κ3) is 5.65. The van der Waals surface area contributed by atoms with Crippen molar-refractivity contribution in [1.29, 1.82) is 0 Å². The molecule has 0 saturated carbocycles. The lowest BCUT2D eigenvalue weighted by atomic mass is 10.1. The molecule has 3 nitrogen and oxygen atoms in total. The topological polar surface area (TPSA) is 41.5 Å². The number of rotatable bonds is 6. The lowest BCUT2D eigenvalue weighted by Crippen LogP contribution is -2.19. The molecule has 0 spiro atoms. The SMILES string of the molecule is Cc1cc(C)cc(CSCC(=O)N/N=C\c2c(F)cccc2Cl)c1. The molecule has 0 bridgehead atoms. The molecule has 1 amide bonds. The molecule has 0 aliphatic heterocycles. The van der Waals surface area contributed by atoms with Crippen LogP contribution in [0.15, 0.2) is 41.5 Å². The number of aryl methyl sites for hydroxylation is 2. The summed E-state index contributed by atoms with van der Waals surface area (Å²) in [5.74, 6) is 0.298. The van der Waals surface area contributed by atoms with E-state index in [0.717, 1.165) is 5.75 Å². The van der Waals surface area contributed by atoms with Crippen LogP contribution in [0.25, 0.3) is 0 Å². The highest BCUT2D eigenvalue weighted by Crippen LogP contribution is 2.17. The minimum Gasteiger partial charge on any atom is -0.272 e. The fourth-order valence-electron chi connectivity index (χ4n) is 2.25. The predicted octanol–water partition coefficient (Wildman–Crippen LogP) is 4.48. The van der Waals surface area contributed by atoms with Crippen molar-refractivity contribution < 1.29 is 9.18 Å². The lowest BCUT2D eigenvalue weighted by molar-refractivity contribution is -0.118. The Kier molecular flexibility index (Phi) is 6.82. The first-order valence-electron chi connectivity index (χ1n) is 7.36. The van der Waals surface area contributed by atoms with Gasteiger partial charge in [-0.1, -0.05) is 47.0 Å². The summed E-state index contributed by atoms with van der Waals surface area (Å²) < 4.78 is 13.5. The van der Waals surface area contributed by atoms with E-state index in [9.17, 15) is 9.18 Å². The molecule has 2 aromatic carbocycles. The second-order valence-electron chi connectivity index (χ2n) is 5.42. The molecule has 0 fully saturated rings. The number of benzene rings is 2. The molecule has 126 valence electrons. The van der Waals surface area contributed by atoms with Crippen molar-refractivity contribution in [3.8, 4) is 0 Å². The summed E-state index contributed by atoms with van der Waals surface area (Å²) >= 11 is 7.37. The van der Waals surface area contributed by atoms with Gasteiger partial charge in [-0.05, 0) is 31.5 Å². The smallest absolute Gasteiger partial charge is 0.250 e. The van der Waals surface area contributed by atoms with E-state index in [1.165, 1.54) is 46.8 Å². The molecule has 6 heteroatoms. The zero-order chi connectivity index (χ0) is 17.5. The average Bonchev–Trinajstić information content (AvgIpc) is 2.49. The van der Waals surface area contributed by atoms with Gasteiger partial charge in [0.25, 0.3) is 0 Å². The number of nitrogens with zero attached hydrogens (tertiary/aromatic N) is 1. The molecule has 0 heterocycles. The summed E-state index contributed by atoms with van der Waals surface area (Å²) in [7, 11) is 0. The molecule has 2 aromatic rings. The van der Waals surface area contributed by atoms with Gasteiger partial charge in [0.1, 0.15) is 5.82 Å². The van der Waals surface area contributed by atoms with Crippen molar-refractivity contribution >= 4 is 35.5 Å². The Balaban J connectivity index is 1.80. The lowest BCUT2D eigenvalue weighted by Gasteiger charge is -2.05. The largest absolute Gasteiger partial charge is 0.272 e. The summed E-state index contributed by atoms with van der Waals surface area (Å²) in [5, 5.41) is 4.00. The van der Waals surface area contributed by atoms with Crippen molar-refractivity contribution in [1.82, 2.24) is 5.43 Å². The monoisotopic (exact) mass is 364 g/mol. The zero-order valence-electron chi connectivity index (χ0n) is 13.5. The van der Waals surface area contributed by atoms with E-state index in [2.05, 4.69) is 42.6 Å². The second kappa shape index (κ2) is 8.85. The first-order valence-corrected chi connectivity index (χ1v) is 8.90. The normalized spacial score (nSPS) is 11.0. The van der Waals surface area contributed by atoms with Crippen LogP contribution in [-0.4, -0.2) is 17.9 Å². The molecule has 24 heavy (non-hydrogen) atoms. The number of carbonyl (C=O) groups excluding carboxylic acids is 1. The van der Waals surface area contributed by atoms with E-state index in [4.69, 9.17) is 11.6 Å². The number of thioether (sulfide) groups is 1. The number of hydrogen-bond acceptors (Lipinski definition) is 3. The molecular formula is C18H18ClFN2OS.